The van der Waals surface area contributed by atoms with Crippen LogP contribution in [0.1, 0.15) is 5.56 Å². The maximum Gasteiger partial charge on any atom is 0.146 e. The van der Waals surface area contributed by atoms with Gasteiger partial charge >= 0.3 is 0 Å². The van der Waals surface area contributed by atoms with Gasteiger partial charge in [0.2, 0.25) is 0 Å². The molecule has 0 amide bonds. The fourth-order valence-corrected chi connectivity index (χ4v) is 2.36. The first kappa shape index (κ1) is 13.7. The second-order valence-electron chi connectivity index (χ2n) is 4.40. The summed E-state index contributed by atoms with van der Waals surface area (Å²) in [6.45, 7) is 0.523. The lowest BCUT2D eigenvalue weighted by Gasteiger charge is -2.09. The second kappa shape index (κ2) is 6.01. The molecule has 3 rings (SSSR count). The summed E-state index contributed by atoms with van der Waals surface area (Å²) in [5.74, 6) is -0.318. The number of anilines is 1. The highest BCUT2D eigenvalue weighted by molar-refractivity contribution is 9.10. The molecular formula is C14H11BrFN5. The molecule has 3 aromatic rings. The fourth-order valence-electron chi connectivity index (χ4n) is 1.92. The molecule has 0 atom stereocenters. The van der Waals surface area contributed by atoms with Gasteiger partial charge in [-0.3, -0.25) is 0 Å². The van der Waals surface area contributed by atoms with Crippen LogP contribution in [-0.4, -0.2) is 20.2 Å². The Hall–Kier alpha value is -2.28. The molecule has 0 saturated carbocycles. The minimum absolute atomic E-state index is 0.318. The summed E-state index contributed by atoms with van der Waals surface area (Å²) in [6.07, 6.45) is 1.46. The predicted molar refractivity (Wildman–Crippen MR) is 80.6 cm³/mol. The van der Waals surface area contributed by atoms with Crippen LogP contribution in [0.25, 0.3) is 5.69 Å². The minimum Gasteiger partial charge on any atom is -0.379 e. The zero-order valence-electron chi connectivity index (χ0n) is 10.9. The average Bonchev–Trinajstić information content (AvgIpc) is 3.01. The summed E-state index contributed by atoms with van der Waals surface area (Å²) in [6, 6.07) is 12.5. The van der Waals surface area contributed by atoms with E-state index in [2.05, 4.69) is 36.8 Å². The normalized spacial score (nSPS) is 10.6. The zero-order valence-corrected chi connectivity index (χ0v) is 12.5. The van der Waals surface area contributed by atoms with Gasteiger partial charge in [-0.1, -0.05) is 28.1 Å². The number of benzene rings is 2. The van der Waals surface area contributed by atoms with Crippen LogP contribution in [0, 0.1) is 5.82 Å². The Bertz CT molecular complexity index is 745. The van der Waals surface area contributed by atoms with Crippen molar-refractivity contribution >= 4 is 21.6 Å². The molecule has 5 nitrogen and oxygen atoms in total. The Morgan fingerprint density at radius 1 is 1.19 bits per heavy atom. The molecule has 0 aliphatic rings. The predicted octanol–water partition coefficient (Wildman–Crippen LogP) is 3.18. The highest BCUT2D eigenvalue weighted by atomic mass is 79.9. The minimum atomic E-state index is -0.318. The van der Waals surface area contributed by atoms with Gasteiger partial charge in [0.1, 0.15) is 12.1 Å². The number of hydrogen-bond donors (Lipinski definition) is 1. The van der Waals surface area contributed by atoms with E-state index in [4.69, 9.17) is 0 Å². The van der Waals surface area contributed by atoms with Gasteiger partial charge in [-0.25, -0.2) is 9.07 Å². The van der Waals surface area contributed by atoms with E-state index in [9.17, 15) is 4.39 Å². The Balaban J connectivity index is 1.80. The van der Waals surface area contributed by atoms with E-state index in [1.807, 2.05) is 24.3 Å². The molecule has 0 unspecified atom stereocenters. The van der Waals surface area contributed by atoms with Crippen molar-refractivity contribution in [2.75, 3.05) is 5.32 Å². The van der Waals surface area contributed by atoms with Gasteiger partial charge in [-0.2, -0.15) is 0 Å². The van der Waals surface area contributed by atoms with E-state index in [1.54, 1.807) is 12.1 Å². The van der Waals surface area contributed by atoms with Crippen molar-refractivity contribution in [3.05, 3.63) is 64.6 Å². The number of aromatic nitrogens is 4. The summed E-state index contributed by atoms with van der Waals surface area (Å²) in [4.78, 5) is 0. The van der Waals surface area contributed by atoms with Crippen LogP contribution in [0.4, 0.5) is 10.1 Å². The van der Waals surface area contributed by atoms with Crippen molar-refractivity contribution in [1.82, 2.24) is 20.2 Å². The Labute approximate surface area is 128 Å². The number of rotatable bonds is 4. The van der Waals surface area contributed by atoms with E-state index in [-0.39, 0.29) is 5.82 Å². The number of hydrogen-bond acceptors (Lipinski definition) is 4. The zero-order chi connectivity index (χ0) is 14.7. The molecule has 2 aromatic carbocycles. The Morgan fingerprint density at radius 2 is 2.10 bits per heavy atom. The fraction of sp³-hybridized carbons (Fsp3) is 0.0714. The maximum atomic E-state index is 13.9. The van der Waals surface area contributed by atoms with Gasteiger partial charge in [-0.15, -0.1) is 5.10 Å². The first-order chi connectivity index (χ1) is 10.2. The number of nitrogens with zero attached hydrogens (tertiary/aromatic N) is 4. The molecule has 0 aliphatic heterocycles. The number of halogens is 2. The van der Waals surface area contributed by atoms with Crippen molar-refractivity contribution in [2.24, 2.45) is 0 Å². The van der Waals surface area contributed by atoms with Crippen LogP contribution in [0.3, 0.4) is 0 Å². The smallest absolute Gasteiger partial charge is 0.146 e. The Kier molecular flexibility index (Phi) is 3.92. The van der Waals surface area contributed by atoms with Crippen LogP contribution >= 0.6 is 15.9 Å². The van der Waals surface area contributed by atoms with Crippen molar-refractivity contribution in [3.8, 4) is 5.69 Å². The molecule has 21 heavy (non-hydrogen) atoms. The van der Waals surface area contributed by atoms with Crippen LogP contribution in [0.2, 0.25) is 0 Å². The molecule has 0 aliphatic carbocycles. The third-order valence-corrected chi connectivity index (χ3v) is 3.43. The maximum absolute atomic E-state index is 13.9. The van der Waals surface area contributed by atoms with Crippen molar-refractivity contribution < 1.29 is 4.39 Å². The molecule has 7 heteroatoms. The van der Waals surface area contributed by atoms with Crippen molar-refractivity contribution in [1.29, 1.82) is 0 Å². The summed E-state index contributed by atoms with van der Waals surface area (Å²) >= 11 is 3.41. The van der Waals surface area contributed by atoms with E-state index < -0.39 is 0 Å². The van der Waals surface area contributed by atoms with Gasteiger partial charge in [0.15, 0.2) is 0 Å². The van der Waals surface area contributed by atoms with Gasteiger partial charge < -0.3 is 5.32 Å². The Morgan fingerprint density at radius 3 is 2.86 bits per heavy atom. The highest BCUT2D eigenvalue weighted by Gasteiger charge is 2.06. The molecule has 1 N–H and O–H groups in total. The van der Waals surface area contributed by atoms with Crippen LogP contribution in [0.15, 0.2) is 53.3 Å². The first-order valence-corrected chi connectivity index (χ1v) is 7.03. The molecular weight excluding hydrogens is 337 g/mol. The van der Waals surface area contributed by atoms with E-state index in [1.165, 1.54) is 17.1 Å². The highest BCUT2D eigenvalue weighted by Crippen LogP contribution is 2.20. The molecule has 0 radical (unpaired) electrons. The SMILES string of the molecule is Fc1ccc(-n2cnnn2)cc1NCc1cccc(Br)c1. The molecule has 1 heterocycles. The average molecular weight is 348 g/mol. The topological polar surface area (TPSA) is 55.6 Å². The monoisotopic (exact) mass is 347 g/mol. The summed E-state index contributed by atoms with van der Waals surface area (Å²) < 4.78 is 16.3. The summed E-state index contributed by atoms with van der Waals surface area (Å²) in [7, 11) is 0. The summed E-state index contributed by atoms with van der Waals surface area (Å²) in [5.41, 5.74) is 2.15. The van der Waals surface area contributed by atoms with E-state index in [0.717, 1.165) is 10.0 Å². The quantitative estimate of drug-likeness (QED) is 0.787. The largest absolute Gasteiger partial charge is 0.379 e. The van der Waals surface area contributed by atoms with Gasteiger partial charge in [0.25, 0.3) is 0 Å². The molecule has 106 valence electrons. The molecule has 1 aromatic heterocycles. The molecule has 0 bridgehead atoms. The molecule has 0 saturated heterocycles. The standard InChI is InChI=1S/C14H11BrFN5/c15-11-3-1-2-10(6-11)8-17-14-7-12(4-5-13(14)16)21-9-18-19-20-21/h1-7,9,17H,8H2. The van der Waals surface area contributed by atoms with Crippen molar-refractivity contribution in [3.63, 3.8) is 0 Å². The number of tetrazole rings is 1. The third kappa shape index (κ3) is 3.25. The van der Waals surface area contributed by atoms with E-state index >= 15 is 0 Å². The first-order valence-electron chi connectivity index (χ1n) is 6.23. The summed E-state index contributed by atoms with van der Waals surface area (Å²) in [5, 5.41) is 14.0. The third-order valence-electron chi connectivity index (χ3n) is 2.94. The number of nitrogens with one attached hydrogen (secondary N) is 1. The lowest BCUT2D eigenvalue weighted by molar-refractivity contribution is 0.629. The molecule has 0 spiro atoms. The van der Waals surface area contributed by atoms with Gasteiger partial charge in [-0.05, 0) is 46.3 Å². The van der Waals surface area contributed by atoms with Crippen molar-refractivity contribution in [2.45, 2.75) is 6.54 Å². The van der Waals surface area contributed by atoms with Crippen LogP contribution < -0.4 is 5.32 Å². The van der Waals surface area contributed by atoms with E-state index in [0.29, 0.717) is 17.9 Å². The second-order valence-corrected chi connectivity index (χ2v) is 5.32. The molecule has 0 fully saturated rings. The van der Waals surface area contributed by atoms with Crippen LogP contribution in [-0.2, 0) is 6.54 Å². The van der Waals surface area contributed by atoms with Crippen LogP contribution in [0.5, 0.6) is 0 Å². The lowest BCUT2D eigenvalue weighted by Crippen LogP contribution is -2.03. The van der Waals surface area contributed by atoms with Gasteiger partial charge in [0.05, 0.1) is 11.4 Å². The van der Waals surface area contributed by atoms with Gasteiger partial charge in [0, 0.05) is 11.0 Å². The lowest BCUT2D eigenvalue weighted by atomic mass is 10.2.